The lowest BCUT2D eigenvalue weighted by Crippen LogP contribution is -3.06. The monoisotopic (exact) mass is 392 g/mol. The van der Waals surface area contributed by atoms with Crippen molar-refractivity contribution in [2.75, 3.05) is 7.05 Å². The van der Waals surface area contributed by atoms with Crippen LogP contribution in [0, 0.1) is 0 Å². The Kier molecular flexibility index (Phi) is 4.80. The minimum absolute atomic E-state index is 0.0724. The highest BCUT2D eigenvalue weighted by molar-refractivity contribution is 9.10. The molecular formula is C17H16BrClN3O+. The van der Waals surface area contributed by atoms with Gasteiger partial charge >= 0.3 is 0 Å². The van der Waals surface area contributed by atoms with Crippen LogP contribution in [0.3, 0.4) is 0 Å². The summed E-state index contributed by atoms with van der Waals surface area (Å²) >= 11 is 9.57. The lowest BCUT2D eigenvalue weighted by atomic mass is 10.2. The Bertz CT molecular complexity index is 910. The van der Waals surface area contributed by atoms with Gasteiger partial charge in [-0.15, -0.1) is 0 Å². The highest BCUT2D eigenvalue weighted by Gasteiger charge is 2.11. The number of hydrogen-bond donors (Lipinski definition) is 1. The average molecular weight is 394 g/mol. The van der Waals surface area contributed by atoms with Gasteiger partial charge in [0.05, 0.1) is 7.05 Å². The van der Waals surface area contributed by atoms with Gasteiger partial charge in [0.2, 0.25) is 0 Å². The number of rotatable bonds is 4. The molecule has 0 fully saturated rings. The van der Waals surface area contributed by atoms with Crippen molar-refractivity contribution in [3.8, 4) is 0 Å². The number of nitrogens with one attached hydrogen (secondary N) is 1. The van der Waals surface area contributed by atoms with E-state index in [9.17, 15) is 4.79 Å². The molecule has 0 amide bonds. The Morgan fingerprint density at radius 3 is 2.78 bits per heavy atom. The molecule has 0 saturated heterocycles. The van der Waals surface area contributed by atoms with Gasteiger partial charge in [-0.1, -0.05) is 29.8 Å². The first kappa shape index (κ1) is 16.2. The molecule has 3 rings (SSSR count). The fraction of sp³-hybridized carbons (Fsp3) is 0.176. The summed E-state index contributed by atoms with van der Waals surface area (Å²) in [4.78, 5) is 18.0. The number of pyridine rings is 1. The summed E-state index contributed by atoms with van der Waals surface area (Å²) in [7, 11) is 2.06. The predicted octanol–water partition coefficient (Wildman–Crippen LogP) is 2.33. The highest BCUT2D eigenvalue weighted by Crippen LogP contribution is 2.13. The molecule has 4 nitrogen and oxygen atoms in total. The molecule has 23 heavy (non-hydrogen) atoms. The molecule has 1 aromatic carbocycles. The first-order valence-corrected chi connectivity index (χ1v) is 8.42. The van der Waals surface area contributed by atoms with Crippen LogP contribution in [0.5, 0.6) is 0 Å². The third-order valence-electron chi connectivity index (χ3n) is 3.61. The highest BCUT2D eigenvalue weighted by atomic mass is 79.9. The van der Waals surface area contributed by atoms with E-state index in [1.165, 1.54) is 9.30 Å². The zero-order valence-corrected chi connectivity index (χ0v) is 14.9. The standard InChI is InChI=1S/C17H15BrClN3O/c1-21(9-12-4-2-3-5-15(12)19)11-14-8-17(23)22-10-13(18)6-7-16(22)20-14/h2-8,10H,9,11H2,1H3/p+1. The van der Waals surface area contributed by atoms with Crippen molar-refractivity contribution < 1.29 is 4.90 Å². The largest absolute Gasteiger partial charge is 0.329 e. The van der Waals surface area contributed by atoms with Gasteiger partial charge in [-0.3, -0.25) is 9.20 Å². The maximum absolute atomic E-state index is 12.2. The second kappa shape index (κ2) is 6.83. The predicted molar refractivity (Wildman–Crippen MR) is 94.9 cm³/mol. The number of benzene rings is 1. The van der Waals surface area contributed by atoms with E-state index in [1.807, 2.05) is 36.4 Å². The van der Waals surface area contributed by atoms with Crippen molar-refractivity contribution in [1.82, 2.24) is 9.38 Å². The van der Waals surface area contributed by atoms with Gasteiger partial charge in [0.1, 0.15) is 24.4 Å². The maximum Gasteiger partial charge on any atom is 0.258 e. The number of halogens is 2. The smallest absolute Gasteiger partial charge is 0.258 e. The van der Waals surface area contributed by atoms with Gasteiger partial charge in [-0.2, -0.15) is 0 Å². The van der Waals surface area contributed by atoms with E-state index in [2.05, 4.69) is 28.0 Å². The van der Waals surface area contributed by atoms with Crippen molar-refractivity contribution >= 4 is 33.2 Å². The fourth-order valence-corrected chi connectivity index (χ4v) is 3.09. The molecule has 1 N–H and O–H groups in total. The first-order chi connectivity index (χ1) is 11.0. The second-order valence-electron chi connectivity index (χ2n) is 5.56. The van der Waals surface area contributed by atoms with Crippen LogP contribution in [0.2, 0.25) is 5.02 Å². The molecule has 3 aromatic rings. The molecule has 0 aliphatic rings. The van der Waals surface area contributed by atoms with Crippen LogP contribution in [-0.2, 0) is 13.1 Å². The lowest BCUT2D eigenvalue weighted by Gasteiger charge is -2.14. The van der Waals surface area contributed by atoms with Gasteiger partial charge < -0.3 is 4.90 Å². The van der Waals surface area contributed by atoms with Gasteiger partial charge in [-0.25, -0.2) is 4.98 Å². The molecule has 0 radical (unpaired) electrons. The summed E-state index contributed by atoms with van der Waals surface area (Å²) < 4.78 is 2.39. The van der Waals surface area contributed by atoms with E-state index in [1.54, 1.807) is 12.3 Å². The van der Waals surface area contributed by atoms with Crippen LogP contribution in [0.25, 0.3) is 5.65 Å². The van der Waals surface area contributed by atoms with E-state index < -0.39 is 0 Å². The molecule has 0 aliphatic heterocycles. The van der Waals surface area contributed by atoms with E-state index in [-0.39, 0.29) is 5.56 Å². The Balaban J connectivity index is 1.82. The molecule has 1 unspecified atom stereocenters. The lowest BCUT2D eigenvalue weighted by molar-refractivity contribution is -0.908. The second-order valence-corrected chi connectivity index (χ2v) is 6.89. The van der Waals surface area contributed by atoms with E-state index in [0.29, 0.717) is 12.2 Å². The minimum Gasteiger partial charge on any atom is -0.329 e. The van der Waals surface area contributed by atoms with Crippen LogP contribution < -0.4 is 10.5 Å². The molecular weight excluding hydrogens is 378 g/mol. The fourth-order valence-electron chi connectivity index (χ4n) is 2.56. The summed E-state index contributed by atoms with van der Waals surface area (Å²) in [5.74, 6) is 0. The Labute approximate surface area is 147 Å². The van der Waals surface area contributed by atoms with Gasteiger partial charge in [-0.05, 0) is 34.1 Å². The van der Waals surface area contributed by atoms with E-state index >= 15 is 0 Å². The molecule has 118 valence electrons. The quantitative estimate of drug-likeness (QED) is 0.739. The third kappa shape index (κ3) is 3.80. The molecule has 0 aliphatic carbocycles. The first-order valence-electron chi connectivity index (χ1n) is 7.25. The number of nitrogens with zero attached hydrogens (tertiary/aromatic N) is 2. The third-order valence-corrected chi connectivity index (χ3v) is 4.45. The van der Waals surface area contributed by atoms with Crippen LogP contribution in [0.15, 0.2) is 57.9 Å². The summed E-state index contributed by atoms with van der Waals surface area (Å²) in [6, 6.07) is 13.1. The number of fused-ring (bicyclic) bond motifs is 1. The normalized spacial score (nSPS) is 12.5. The zero-order valence-electron chi connectivity index (χ0n) is 12.6. The van der Waals surface area contributed by atoms with Crippen LogP contribution >= 0.6 is 27.5 Å². The van der Waals surface area contributed by atoms with Crippen molar-refractivity contribution in [1.29, 1.82) is 0 Å². The topological polar surface area (TPSA) is 38.8 Å². The van der Waals surface area contributed by atoms with E-state index in [4.69, 9.17) is 11.6 Å². The molecule has 1 atom stereocenters. The van der Waals surface area contributed by atoms with Gasteiger partial charge in [0.25, 0.3) is 5.56 Å². The zero-order chi connectivity index (χ0) is 16.4. The SMILES string of the molecule is C[NH+](Cc1cc(=O)n2cc(Br)ccc2n1)Cc1ccccc1Cl. The number of hydrogen-bond acceptors (Lipinski definition) is 2. The van der Waals surface area contributed by atoms with Crippen molar-refractivity contribution in [2.45, 2.75) is 13.1 Å². The Morgan fingerprint density at radius 2 is 2.00 bits per heavy atom. The summed E-state index contributed by atoms with van der Waals surface area (Å²) in [6.07, 6.45) is 1.73. The summed E-state index contributed by atoms with van der Waals surface area (Å²) in [6.45, 7) is 1.44. The molecule has 0 saturated carbocycles. The van der Waals surface area contributed by atoms with Crippen molar-refractivity contribution in [3.05, 3.63) is 79.8 Å². The molecule has 6 heteroatoms. The Morgan fingerprint density at radius 1 is 1.22 bits per heavy atom. The molecule has 2 heterocycles. The van der Waals surface area contributed by atoms with Crippen molar-refractivity contribution in [3.63, 3.8) is 0 Å². The van der Waals surface area contributed by atoms with Crippen LogP contribution in [0.1, 0.15) is 11.3 Å². The number of aromatic nitrogens is 2. The summed E-state index contributed by atoms with van der Waals surface area (Å²) in [5.41, 5.74) is 2.45. The van der Waals surface area contributed by atoms with Crippen LogP contribution in [0.4, 0.5) is 0 Å². The minimum atomic E-state index is -0.0724. The molecule has 0 spiro atoms. The number of quaternary nitrogens is 1. The Hall–Kier alpha value is -1.69. The van der Waals surface area contributed by atoms with E-state index in [0.717, 1.165) is 27.3 Å². The molecule has 0 bridgehead atoms. The summed E-state index contributed by atoms with van der Waals surface area (Å²) in [5, 5.41) is 0.767. The van der Waals surface area contributed by atoms with Crippen molar-refractivity contribution in [2.24, 2.45) is 0 Å². The maximum atomic E-state index is 12.2. The van der Waals surface area contributed by atoms with Gasteiger partial charge in [0.15, 0.2) is 0 Å². The van der Waals surface area contributed by atoms with Crippen LogP contribution in [-0.4, -0.2) is 16.4 Å². The average Bonchev–Trinajstić information content (AvgIpc) is 2.50. The molecule has 2 aromatic heterocycles. The van der Waals surface area contributed by atoms with Gasteiger partial charge in [0, 0.05) is 27.3 Å².